The lowest BCUT2D eigenvalue weighted by atomic mass is 9.96. The number of aryl methyl sites for hydroxylation is 1. The van der Waals surface area contributed by atoms with E-state index < -0.39 is 12.1 Å². The van der Waals surface area contributed by atoms with Gasteiger partial charge in [-0.05, 0) is 43.7 Å². The number of hydrogen-bond acceptors (Lipinski definition) is 3. The zero-order valence-corrected chi connectivity index (χ0v) is 15.0. The molecule has 1 aromatic carbocycles. The predicted octanol–water partition coefficient (Wildman–Crippen LogP) is 2.32. The van der Waals surface area contributed by atoms with E-state index in [0.717, 1.165) is 29.0 Å². The molecular weight excluding hydrogens is 318 g/mol. The summed E-state index contributed by atoms with van der Waals surface area (Å²) in [6, 6.07) is 6.88. The van der Waals surface area contributed by atoms with E-state index in [4.69, 9.17) is 0 Å². The van der Waals surface area contributed by atoms with Crippen molar-refractivity contribution < 1.29 is 14.4 Å². The van der Waals surface area contributed by atoms with Gasteiger partial charge in [-0.15, -0.1) is 0 Å². The lowest BCUT2D eigenvalue weighted by molar-refractivity contribution is -0.131. The molecule has 4 amide bonds. The number of imide groups is 1. The molecule has 0 aromatic heterocycles. The third-order valence-electron chi connectivity index (χ3n) is 4.90. The van der Waals surface area contributed by atoms with Crippen LogP contribution in [-0.4, -0.2) is 41.4 Å². The first-order valence-electron chi connectivity index (χ1n) is 8.90. The summed E-state index contributed by atoms with van der Waals surface area (Å²) in [6.07, 6.45) is 2.39. The Balaban J connectivity index is 1.76. The van der Waals surface area contributed by atoms with Gasteiger partial charge >= 0.3 is 6.03 Å². The van der Waals surface area contributed by atoms with Crippen LogP contribution in [0.3, 0.4) is 0 Å². The molecule has 2 atom stereocenters. The van der Waals surface area contributed by atoms with Crippen molar-refractivity contribution in [3.05, 3.63) is 29.8 Å². The summed E-state index contributed by atoms with van der Waals surface area (Å²) in [5.41, 5.74) is 2.01. The lowest BCUT2D eigenvalue weighted by Gasteiger charge is -2.36. The number of anilines is 1. The molecule has 6 nitrogen and oxygen atoms in total. The first-order chi connectivity index (χ1) is 11.9. The number of rotatable bonds is 4. The van der Waals surface area contributed by atoms with Crippen LogP contribution in [0.4, 0.5) is 10.5 Å². The number of carbonyl (C=O) groups is 3. The number of benzene rings is 1. The van der Waals surface area contributed by atoms with Gasteiger partial charge < -0.3 is 10.2 Å². The molecule has 0 radical (unpaired) electrons. The SMILES string of the molecule is CC(C)C[C@H]1NC(=O)N(CC(=O)N2c3ccccc3CC[C@@H]2C)C1=O. The molecule has 0 unspecified atom stereocenters. The first kappa shape index (κ1) is 17.5. The van der Waals surface area contributed by atoms with Crippen molar-refractivity contribution in [2.24, 2.45) is 5.92 Å². The summed E-state index contributed by atoms with van der Waals surface area (Å²) in [5, 5.41) is 2.69. The smallest absolute Gasteiger partial charge is 0.325 e. The van der Waals surface area contributed by atoms with Gasteiger partial charge in [-0.25, -0.2) is 4.79 Å². The molecule has 2 heterocycles. The van der Waals surface area contributed by atoms with Gasteiger partial charge in [0.05, 0.1) is 0 Å². The van der Waals surface area contributed by atoms with E-state index >= 15 is 0 Å². The van der Waals surface area contributed by atoms with Crippen LogP contribution in [-0.2, 0) is 16.0 Å². The van der Waals surface area contributed by atoms with E-state index in [-0.39, 0.29) is 24.4 Å². The Morgan fingerprint density at radius 1 is 1.28 bits per heavy atom. The normalized spacial score (nSPS) is 23.0. The quantitative estimate of drug-likeness (QED) is 0.853. The fraction of sp³-hybridized carbons (Fsp3) is 0.526. The fourth-order valence-corrected chi connectivity index (χ4v) is 3.64. The second-order valence-corrected chi connectivity index (χ2v) is 7.34. The Kier molecular flexibility index (Phi) is 4.79. The molecule has 1 saturated heterocycles. The summed E-state index contributed by atoms with van der Waals surface area (Å²) >= 11 is 0. The fourth-order valence-electron chi connectivity index (χ4n) is 3.64. The predicted molar refractivity (Wildman–Crippen MR) is 95.2 cm³/mol. The maximum Gasteiger partial charge on any atom is 0.325 e. The van der Waals surface area contributed by atoms with E-state index in [2.05, 4.69) is 5.32 Å². The number of para-hydroxylation sites is 1. The Hall–Kier alpha value is -2.37. The average molecular weight is 343 g/mol. The number of carbonyl (C=O) groups excluding carboxylic acids is 3. The van der Waals surface area contributed by atoms with Crippen molar-refractivity contribution in [1.29, 1.82) is 0 Å². The van der Waals surface area contributed by atoms with Gasteiger partial charge in [0.1, 0.15) is 12.6 Å². The molecule has 6 heteroatoms. The largest absolute Gasteiger partial charge is 0.326 e. The highest BCUT2D eigenvalue weighted by atomic mass is 16.2. The molecule has 1 aromatic rings. The standard InChI is InChI=1S/C19H25N3O3/c1-12(2)10-15-18(24)21(19(25)20-15)11-17(23)22-13(3)8-9-14-6-4-5-7-16(14)22/h4-7,12-13,15H,8-11H2,1-3H3,(H,20,25)/t13-,15+/m0/s1. The Morgan fingerprint density at radius 2 is 2.00 bits per heavy atom. The number of amides is 4. The second kappa shape index (κ2) is 6.86. The number of nitrogens with zero attached hydrogens (tertiary/aromatic N) is 2. The molecular formula is C19H25N3O3. The summed E-state index contributed by atoms with van der Waals surface area (Å²) < 4.78 is 0. The molecule has 1 N–H and O–H groups in total. The summed E-state index contributed by atoms with van der Waals surface area (Å²) in [4.78, 5) is 40.3. The Labute approximate surface area is 148 Å². The maximum absolute atomic E-state index is 12.9. The number of nitrogens with one attached hydrogen (secondary N) is 1. The van der Waals surface area contributed by atoms with E-state index in [1.54, 1.807) is 4.90 Å². The molecule has 0 saturated carbocycles. The zero-order valence-electron chi connectivity index (χ0n) is 15.0. The van der Waals surface area contributed by atoms with Crippen LogP contribution in [0.15, 0.2) is 24.3 Å². The molecule has 1 fully saturated rings. The Bertz CT molecular complexity index is 701. The van der Waals surface area contributed by atoms with Crippen molar-refractivity contribution in [3.63, 3.8) is 0 Å². The van der Waals surface area contributed by atoms with Crippen LogP contribution in [0.5, 0.6) is 0 Å². The van der Waals surface area contributed by atoms with E-state index in [0.29, 0.717) is 12.3 Å². The molecule has 0 spiro atoms. The van der Waals surface area contributed by atoms with E-state index in [1.807, 2.05) is 45.0 Å². The summed E-state index contributed by atoms with van der Waals surface area (Å²) in [7, 11) is 0. The van der Waals surface area contributed by atoms with Gasteiger partial charge in [-0.2, -0.15) is 0 Å². The monoisotopic (exact) mass is 343 g/mol. The second-order valence-electron chi connectivity index (χ2n) is 7.34. The highest BCUT2D eigenvalue weighted by Gasteiger charge is 2.40. The van der Waals surface area contributed by atoms with Gasteiger partial charge in [0.15, 0.2) is 0 Å². The van der Waals surface area contributed by atoms with Crippen molar-refractivity contribution in [3.8, 4) is 0 Å². The van der Waals surface area contributed by atoms with Crippen molar-refractivity contribution in [2.75, 3.05) is 11.4 Å². The van der Waals surface area contributed by atoms with Crippen LogP contribution in [0, 0.1) is 5.92 Å². The van der Waals surface area contributed by atoms with Crippen LogP contribution in [0.25, 0.3) is 0 Å². The van der Waals surface area contributed by atoms with Crippen LogP contribution >= 0.6 is 0 Å². The lowest BCUT2D eigenvalue weighted by Crippen LogP contribution is -2.48. The van der Waals surface area contributed by atoms with Gasteiger partial charge in [-0.3, -0.25) is 14.5 Å². The molecule has 2 aliphatic heterocycles. The van der Waals surface area contributed by atoms with Crippen molar-refractivity contribution in [1.82, 2.24) is 10.2 Å². The van der Waals surface area contributed by atoms with E-state index in [9.17, 15) is 14.4 Å². The molecule has 0 aliphatic carbocycles. The van der Waals surface area contributed by atoms with Crippen LogP contribution in [0.2, 0.25) is 0 Å². The minimum atomic E-state index is -0.522. The highest BCUT2D eigenvalue weighted by Crippen LogP contribution is 2.30. The first-order valence-corrected chi connectivity index (χ1v) is 8.90. The van der Waals surface area contributed by atoms with Crippen molar-refractivity contribution in [2.45, 2.75) is 52.1 Å². The van der Waals surface area contributed by atoms with Gasteiger partial charge in [0, 0.05) is 11.7 Å². The van der Waals surface area contributed by atoms with Crippen molar-refractivity contribution >= 4 is 23.5 Å². The minimum Gasteiger partial charge on any atom is -0.326 e. The zero-order chi connectivity index (χ0) is 18.1. The maximum atomic E-state index is 12.9. The van der Waals surface area contributed by atoms with Crippen LogP contribution < -0.4 is 10.2 Å². The number of hydrogen-bond donors (Lipinski definition) is 1. The molecule has 0 bridgehead atoms. The van der Waals surface area contributed by atoms with Gasteiger partial charge in [0.2, 0.25) is 5.91 Å². The Morgan fingerprint density at radius 3 is 2.72 bits per heavy atom. The van der Waals surface area contributed by atoms with Crippen LogP contribution in [0.1, 0.15) is 39.2 Å². The van der Waals surface area contributed by atoms with E-state index in [1.165, 1.54) is 0 Å². The third-order valence-corrected chi connectivity index (χ3v) is 4.90. The highest BCUT2D eigenvalue weighted by molar-refractivity contribution is 6.08. The minimum absolute atomic E-state index is 0.0506. The molecule has 3 rings (SSSR count). The van der Waals surface area contributed by atoms with Gasteiger partial charge in [0.25, 0.3) is 5.91 Å². The molecule has 134 valence electrons. The number of urea groups is 1. The average Bonchev–Trinajstić information content (AvgIpc) is 2.81. The van der Waals surface area contributed by atoms with Gasteiger partial charge in [-0.1, -0.05) is 32.0 Å². The number of fused-ring (bicyclic) bond motifs is 1. The topological polar surface area (TPSA) is 69.7 Å². The third kappa shape index (κ3) is 3.38. The summed E-state index contributed by atoms with van der Waals surface area (Å²) in [6.45, 7) is 5.79. The molecule has 2 aliphatic rings. The molecule has 25 heavy (non-hydrogen) atoms. The summed E-state index contributed by atoms with van der Waals surface area (Å²) in [5.74, 6) is -0.225.